The lowest BCUT2D eigenvalue weighted by Crippen LogP contribution is -2.42. The Morgan fingerprint density at radius 1 is 1.38 bits per heavy atom. The number of benzene rings is 1. The van der Waals surface area contributed by atoms with E-state index < -0.39 is 5.97 Å². The van der Waals surface area contributed by atoms with Crippen molar-refractivity contribution in [3.8, 4) is 0 Å². The molecule has 1 atom stereocenters. The molecule has 1 saturated heterocycles. The Hall–Kier alpha value is -2.04. The van der Waals surface area contributed by atoms with E-state index in [1.54, 1.807) is 4.90 Å². The number of carbonyl (C=O) groups is 2. The first-order valence-corrected chi connectivity index (χ1v) is 7.30. The summed E-state index contributed by atoms with van der Waals surface area (Å²) in [5.74, 6) is -0.738. The Balaban J connectivity index is 1.97. The van der Waals surface area contributed by atoms with Gasteiger partial charge in [0.25, 0.3) is 0 Å². The highest BCUT2D eigenvalue weighted by Gasteiger charge is 2.25. The molecule has 114 valence electrons. The molecule has 0 aliphatic carbocycles. The molecule has 1 aromatic rings. The molecule has 2 amide bonds. The Morgan fingerprint density at radius 2 is 2.14 bits per heavy atom. The maximum Gasteiger partial charge on any atom is 0.321 e. The summed E-state index contributed by atoms with van der Waals surface area (Å²) in [6.07, 6.45) is 1.87. The van der Waals surface area contributed by atoms with Gasteiger partial charge in [-0.15, -0.1) is 0 Å². The van der Waals surface area contributed by atoms with Crippen LogP contribution in [-0.4, -0.2) is 35.1 Å². The summed E-state index contributed by atoms with van der Waals surface area (Å²) in [6, 6.07) is 5.75. The predicted octanol–water partition coefficient (Wildman–Crippen LogP) is 3.02. The van der Waals surface area contributed by atoms with Gasteiger partial charge in [0, 0.05) is 25.2 Å². The molecule has 0 spiro atoms. The lowest BCUT2D eigenvalue weighted by molar-refractivity contribution is -0.138. The molecule has 0 bridgehead atoms. The highest BCUT2D eigenvalue weighted by atomic mass is 16.4. The van der Waals surface area contributed by atoms with Crippen LogP contribution in [0.1, 0.15) is 30.4 Å². The van der Waals surface area contributed by atoms with Crippen molar-refractivity contribution in [2.24, 2.45) is 5.92 Å². The standard InChI is InChI=1S/C16H22N2O3/c1-11-5-6-14(12(2)8-11)17-16(21)18-7-3-4-13(10-18)9-15(19)20/h5-6,8,13H,3-4,7,9-10H2,1-2H3,(H,17,21)(H,19,20). The maximum absolute atomic E-state index is 12.3. The molecule has 5 heteroatoms. The van der Waals surface area contributed by atoms with E-state index in [4.69, 9.17) is 5.11 Å². The number of rotatable bonds is 3. The number of anilines is 1. The number of aliphatic carboxylic acids is 1. The molecular weight excluding hydrogens is 268 g/mol. The van der Waals surface area contributed by atoms with E-state index in [1.807, 2.05) is 32.0 Å². The zero-order valence-corrected chi connectivity index (χ0v) is 12.6. The van der Waals surface area contributed by atoms with Gasteiger partial charge in [-0.1, -0.05) is 17.7 Å². The fraction of sp³-hybridized carbons (Fsp3) is 0.500. The Labute approximate surface area is 125 Å². The summed E-state index contributed by atoms with van der Waals surface area (Å²) in [6.45, 7) is 5.18. The second-order valence-electron chi connectivity index (χ2n) is 5.80. The molecule has 1 fully saturated rings. The number of hydrogen-bond donors (Lipinski definition) is 2. The summed E-state index contributed by atoms with van der Waals surface area (Å²) in [5, 5.41) is 11.8. The van der Waals surface area contributed by atoms with Gasteiger partial charge < -0.3 is 15.3 Å². The van der Waals surface area contributed by atoms with Crippen LogP contribution in [-0.2, 0) is 4.79 Å². The van der Waals surface area contributed by atoms with E-state index in [0.29, 0.717) is 13.1 Å². The molecule has 1 aromatic carbocycles. The van der Waals surface area contributed by atoms with Crippen LogP contribution in [0.2, 0.25) is 0 Å². The molecule has 0 saturated carbocycles. The van der Waals surface area contributed by atoms with Crippen LogP contribution < -0.4 is 5.32 Å². The van der Waals surface area contributed by atoms with Gasteiger partial charge in [0.1, 0.15) is 0 Å². The summed E-state index contributed by atoms with van der Waals surface area (Å²) < 4.78 is 0. The third-order valence-corrected chi connectivity index (χ3v) is 3.89. The van der Waals surface area contributed by atoms with Crippen molar-refractivity contribution in [3.63, 3.8) is 0 Å². The first-order chi connectivity index (χ1) is 9.95. The number of carboxylic acid groups (broad SMARTS) is 1. The van der Waals surface area contributed by atoms with Crippen LogP contribution in [0.5, 0.6) is 0 Å². The number of piperidine rings is 1. The number of nitrogens with zero attached hydrogens (tertiary/aromatic N) is 1. The van der Waals surface area contributed by atoms with Crippen LogP contribution in [0.4, 0.5) is 10.5 Å². The highest BCUT2D eigenvalue weighted by Crippen LogP contribution is 2.21. The fourth-order valence-corrected chi connectivity index (χ4v) is 2.81. The first-order valence-electron chi connectivity index (χ1n) is 7.30. The summed E-state index contributed by atoms with van der Waals surface area (Å²) in [5.41, 5.74) is 3.00. The molecule has 0 radical (unpaired) electrons. The number of carbonyl (C=O) groups excluding carboxylic acids is 1. The lowest BCUT2D eigenvalue weighted by atomic mass is 9.95. The number of amides is 2. The maximum atomic E-state index is 12.3. The van der Waals surface area contributed by atoms with E-state index in [0.717, 1.165) is 29.7 Å². The van der Waals surface area contributed by atoms with E-state index >= 15 is 0 Å². The molecule has 1 heterocycles. The van der Waals surface area contributed by atoms with Gasteiger partial charge in [-0.3, -0.25) is 4.79 Å². The Bertz CT molecular complexity index is 542. The van der Waals surface area contributed by atoms with Crippen LogP contribution in [0.3, 0.4) is 0 Å². The summed E-state index contributed by atoms with van der Waals surface area (Å²) in [7, 11) is 0. The molecule has 5 nitrogen and oxygen atoms in total. The number of carboxylic acids is 1. The van der Waals surface area contributed by atoms with Gasteiger partial charge >= 0.3 is 12.0 Å². The van der Waals surface area contributed by atoms with E-state index in [2.05, 4.69) is 5.32 Å². The van der Waals surface area contributed by atoms with Crippen molar-refractivity contribution in [1.82, 2.24) is 4.90 Å². The van der Waals surface area contributed by atoms with Crippen LogP contribution >= 0.6 is 0 Å². The van der Waals surface area contributed by atoms with Crippen molar-refractivity contribution < 1.29 is 14.7 Å². The quantitative estimate of drug-likeness (QED) is 0.899. The second kappa shape index (κ2) is 6.61. The van der Waals surface area contributed by atoms with Gasteiger partial charge in [0.05, 0.1) is 0 Å². The average Bonchev–Trinajstić information content (AvgIpc) is 2.41. The minimum Gasteiger partial charge on any atom is -0.481 e. The normalized spacial score (nSPS) is 18.4. The lowest BCUT2D eigenvalue weighted by Gasteiger charge is -2.32. The number of likely N-dealkylation sites (tertiary alicyclic amines) is 1. The molecule has 1 aliphatic rings. The monoisotopic (exact) mass is 290 g/mol. The molecule has 21 heavy (non-hydrogen) atoms. The van der Waals surface area contributed by atoms with Gasteiger partial charge in [-0.05, 0) is 44.2 Å². The van der Waals surface area contributed by atoms with E-state index in [1.165, 1.54) is 0 Å². The van der Waals surface area contributed by atoms with Crippen molar-refractivity contribution in [3.05, 3.63) is 29.3 Å². The summed E-state index contributed by atoms with van der Waals surface area (Å²) in [4.78, 5) is 24.8. The molecule has 2 rings (SSSR count). The number of urea groups is 1. The van der Waals surface area contributed by atoms with Gasteiger partial charge in [0.2, 0.25) is 0 Å². The minimum absolute atomic E-state index is 0.0566. The number of hydrogen-bond acceptors (Lipinski definition) is 2. The highest BCUT2D eigenvalue weighted by molar-refractivity contribution is 5.90. The smallest absolute Gasteiger partial charge is 0.321 e. The van der Waals surface area contributed by atoms with Crippen molar-refractivity contribution in [1.29, 1.82) is 0 Å². The van der Waals surface area contributed by atoms with Crippen LogP contribution in [0.25, 0.3) is 0 Å². The van der Waals surface area contributed by atoms with Crippen molar-refractivity contribution >= 4 is 17.7 Å². The average molecular weight is 290 g/mol. The predicted molar refractivity (Wildman–Crippen MR) is 81.5 cm³/mol. The third kappa shape index (κ3) is 4.21. The Kier molecular flexibility index (Phi) is 4.83. The van der Waals surface area contributed by atoms with Crippen LogP contribution in [0.15, 0.2) is 18.2 Å². The Morgan fingerprint density at radius 3 is 2.81 bits per heavy atom. The van der Waals surface area contributed by atoms with E-state index in [9.17, 15) is 9.59 Å². The minimum atomic E-state index is -0.795. The van der Waals surface area contributed by atoms with Gasteiger partial charge in [0.15, 0.2) is 0 Å². The topological polar surface area (TPSA) is 69.6 Å². The largest absolute Gasteiger partial charge is 0.481 e. The van der Waals surface area contributed by atoms with Gasteiger partial charge in [-0.2, -0.15) is 0 Å². The molecule has 1 aliphatic heterocycles. The van der Waals surface area contributed by atoms with Crippen molar-refractivity contribution in [2.45, 2.75) is 33.1 Å². The van der Waals surface area contributed by atoms with Crippen LogP contribution in [0, 0.1) is 19.8 Å². The molecule has 1 unspecified atom stereocenters. The zero-order chi connectivity index (χ0) is 15.4. The molecule has 0 aromatic heterocycles. The molecule has 2 N–H and O–H groups in total. The summed E-state index contributed by atoms with van der Waals surface area (Å²) >= 11 is 0. The van der Waals surface area contributed by atoms with Crippen molar-refractivity contribution in [2.75, 3.05) is 18.4 Å². The SMILES string of the molecule is Cc1ccc(NC(=O)N2CCCC(CC(=O)O)C2)c(C)c1. The second-order valence-corrected chi connectivity index (χ2v) is 5.80. The molecular formula is C16H22N2O3. The number of nitrogens with one attached hydrogen (secondary N) is 1. The van der Waals surface area contributed by atoms with Gasteiger partial charge in [-0.25, -0.2) is 4.79 Å². The van der Waals surface area contributed by atoms with E-state index in [-0.39, 0.29) is 18.4 Å². The zero-order valence-electron chi connectivity index (χ0n) is 12.6. The fourth-order valence-electron chi connectivity index (χ4n) is 2.81. The first kappa shape index (κ1) is 15.4. The number of aryl methyl sites for hydroxylation is 2. The third-order valence-electron chi connectivity index (χ3n) is 3.89.